The van der Waals surface area contributed by atoms with Gasteiger partial charge in [-0.1, -0.05) is 6.08 Å². The standard InChI is InChI=1S/C14H23N3O4/c1-5-20-12(18)11(16-15)10-6-8-17(9-7-10)13(19)21-14(2,3)4/h6H,5,7-9,15H2,1-4H3/p+1. The Bertz CT molecular complexity index is 463. The van der Waals surface area contributed by atoms with E-state index in [1.165, 1.54) is 0 Å². The van der Waals surface area contributed by atoms with Gasteiger partial charge in [-0.05, 0) is 34.1 Å². The van der Waals surface area contributed by atoms with Gasteiger partial charge in [0.2, 0.25) is 0 Å². The number of carbonyl (C=O) groups is 2. The lowest BCUT2D eigenvalue weighted by molar-refractivity contribution is -0.468. The summed E-state index contributed by atoms with van der Waals surface area (Å²) >= 11 is 0. The van der Waals surface area contributed by atoms with Crippen molar-refractivity contribution in [3.63, 3.8) is 0 Å². The Morgan fingerprint density at radius 1 is 1.43 bits per heavy atom. The topological polar surface area (TPSA) is 95.8 Å². The highest BCUT2D eigenvalue weighted by Crippen LogP contribution is 2.15. The number of nitrogens with zero attached hydrogens (tertiary/aromatic N) is 1. The molecule has 0 aromatic carbocycles. The molecule has 0 radical (unpaired) electrons. The molecule has 0 atom stereocenters. The molecule has 0 fully saturated rings. The summed E-state index contributed by atoms with van der Waals surface area (Å²) in [4.78, 5) is 25.2. The van der Waals surface area contributed by atoms with Crippen LogP contribution in [0, 0.1) is 0 Å². The van der Waals surface area contributed by atoms with E-state index in [2.05, 4.69) is 5.10 Å². The van der Waals surface area contributed by atoms with Crippen molar-refractivity contribution in [2.45, 2.75) is 39.7 Å². The van der Waals surface area contributed by atoms with Gasteiger partial charge in [0.25, 0.3) is 0 Å². The third-order valence-corrected chi connectivity index (χ3v) is 2.81. The second-order valence-corrected chi connectivity index (χ2v) is 5.65. The fourth-order valence-corrected chi connectivity index (χ4v) is 1.87. The maximum atomic E-state index is 11.9. The van der Waals surface area contributed by atoms with Gasteiger partial charge in [0.05, 0.1) is 6.61 Å². The first kappa shape index (κ1) is 17.0. The molecule has 0 bridgehead atoms. The third-order valence-electron chi connectivity index (χ3n) is 2.81. The molecular formula is C14H24N3O4+. The summed E-state index contributed by atoms with van der Waals surface area (Å²) in [6.07, 6.45) is 1.92. The summed E-state index contributed by atoms with van der Waals surface area (Å²) in [6.45, 7) is 8.30. The second-order valence-electron chi connectivity index (χ2n) is 5.65. The number of hydrazine groups is 1. The van der Waals surface area contributed by atoms with E-state index < -0.39 is 11.6 Å². The second kappa shape index (κ2) is 7.10. The van der Waals surface area contributed by atoms with Crippen molar-refractivity contribution < 1.29 is 24.2 Å². The van der Waals surface area contributed by atoms with E-state index in [4.69, 9.17) is 15.3 Å². The Balaban J connectivity index is 2.69. The predicted molar refractivity (Wildman–Crippen MR) is 77.3 cm³/mol. The van der Waals surface area contributed by atoms with E-state index in [0.29, 0.717) is 19.5 Å². The van der Waals surface area contributed by atoms with E-state index >= 15 is 0 Å². The molecule has 0 saturated heterocycles. The maximum Gasteiger partial charge on any atom is 0.410 e. The zero-order valence-electron chi connectivity index (χ0n) is 13.1. The van der Waals surface area contributed by atoms with Gasteiger partial charge in [0.15, 0.2) is 0 Å². The smallest absolute Gasteiger partial charge is 0.410 e. The first-order valence-corrected chi connectivity index (χ1v) is 6.96. The molecule has 1 heterocycles. The molecule has 7 heteroatoms. The van der Waals surface area contributed by atoms with Crippen molar-refractivity contribution in [3.05, 3.63) is 11.6 Å². The molecule has 1 rings (SSSR count). The molecule has 0 saturated carbocycles. The van der Waals surface area contributed by atoms with Gasteiger partial charge in [-0.25, -0.2) is 15.4 Å². The van der Waals surface area contributed by atoms with Gasteiger partial charge in [-0.3, -0.25) is 0 Å². The van der Waals surface area contributed by atoms with Crippen LogP contribution >= 0.6 is 0 Å². The number of carbonyl (C=O) groups excluding carboxylic acids is 2. The molecule has 3 N–H and O–H groups in total. The fourth-order valence-electron chi connectivity index (χ4n) is 1.87. The summed E-state index contributed by atoms with van der Waals surface area (Å²) in [5.74, 6) is 4.89. The number of hydrogen-bond acceptors (Lipinski definition) is 5. The Labute approximate surface area is 124 Å². The number of nitrogens with two attached hydrogens (primary N) is 1. The van der Waals surface area contributed by atoms with Crippen LogP contribution < -0.4 is 10.9 Å². The first-order chi connectivity index (χ1) is 9.78. The molecule has 1 aliphatic heterocycles. The molecule has 0 spiro atoms. The lowest BCUT2D eigenvalue weighted by Gasteiger charge is -2.28. The summed E-state index contributed by atoms with van der Waals surface area (Å²) in [5.41, 5.74) is 0.457. The van der Waals surface area contributed by atoms with Gasteiger partial charge in [-0.15, -0.1) is 5.10 Å². The zero-order valence-corrected chi connectivity index (χ0v) is 13.1. The van der Waals surface area contributed by atoms with E-state index in [1.807, 2.05) is 20.8 Å². The quantitative estimate of drug-likeness (QED) is 0.317. The lowest BCUT2D eigenvalue weighted by Crippen LogP contribution is -2.82. The minimum Gasteiger partial charge on any atom is -0.458 e. The van der Waals surface area contributed by atoms with E-state index in [1.54, 1.807) is 17.9 Å². The zero-order chi connectivity index (χ0) is 16.0. The number of hydrogen-bond donors (Lipinski definition) is 2. The minimum atomic E-state index is -0.526. The van der Waals surface area contributed by atoms with Crippen LogP contribution in [0.25, 0.3) is 0 Å². The van der Waals surface area contributed by atoms with Crippen molar-refractivity contribution in [3.8, 4) is 0 Å². The van der Waals surface area contributed by atoms with Gasteiger partial charge < -0.3 is 14.4 Å². The van der Waals surface area contributed by atoms with Crippen molar-refractivity contribution in [1.82, 2.24) is 4.90 Å². The SMILES string of the molecule is CCOC(=O)C(=[NH+]N)C1=CCN(C(=O)OC(C)(C)C)CC1. The molecular weight excluding hydrogens is 274 g/mol. The normalized spacial score (nSPS) is 16.3. The average Bonchev–Trinajstić information content (AvgIpc) is 2.38. The Morgan fingerprint density at radius 2 is 2.10 bits per heavy atom. The van der Waals surface area contributed by atoms with Crippen molar-refractivity contribution in [2.24, 2.45) is 5.84 Å². The minimum absolute atomic E-state index is 0.237. The van der Waals surface area contributed by atoms with E-state index in [9.17, 15) is 9.59 Å². The number of rotatable bonds is 3. The Hall–Kier alpha value is -2.05. The van der Waals surface area contributed by atoms with E-state index in [0.717, 1.165) is 5.57 Å². The number of ether oxygens (including phenoxy) is 2. The molecule has 0 aliphatic carbocycles. The summed E-state index contributed by atoms with van der Waals surface area (Å²) in [6, 6.07) is 0. The fraction of sp³-hybridized carbons (Fsp3) is 0.643. The molecule has 0 aromatic rings. The van der Waals surface area contributed by atoms with Crippen LogP contribution in [0.5, 0.6) is 0 Å². The maximum absolute atomic E-state index is 11.9. The summed E-state index contributed by atoms with van der Waals surface area (Å²) in [5, 5.41) is 2.38. The number of esters is 1. The predicted octanol–water partition coefficient (Wildman–Crippen LogP) is -0.488. The highest BCUT2D eigenvalue weighted by atomic mass is 16.6. The third kappa shape index (κ3) is 5.09. The van der Waals surface area contributed by atoms with Gasteiger partial charge >= 0.3 is 17.8 Å². The van der Waals surface area contributed by atoms with Crippen LogP contribution in [-0.4, -0.2) is 48.0 Å². The van der Waals surface area contributed by atoms with Crippen molar-refractivity contribution in [2.75, 3.05) is 19.7 Å². The largest absolute Gasteiger partial charge is 0.458 e. The first-order valence-electron chi connectivity index (χ1n) is 6.96. The molecule has 0 aromatic heterocycles. The van der Waals surface area contributed by atoms with Crippen LogP contribution in [0.3, 0.4) is 0 Å². The van der Waals surface area contributed by atoms with Gasteiger partial charge in [0, 0.05) is 18.7 Å². The summed E-state index contributed by atoms with van der Waals surface area (Å²) < 4.78 is 10.2. The van der Waals surface area contributed by atoms with Gasteiger partial charge in [0.1, 0.15) is 5.60 Å². The molecule has 118 valence electrons. The van der Waals surface area contributed by atoms with Crippen molar-refractivity contribution >= 4 is 17.8 Å². The van der Waals surface area contributed by atoms with Crippen LogP contribution in [0.15, 0.2) is 11.6 Å². The van der Waals surface area contributed by atoms with E-state index in [-0.39, 0.29) is 18.4 Å². The molecule has 0 unspecified atom stereocenters. The van der Waals surface area contributed by atoms with Crippen LogP contribution in [0.2, 0.25) is 0 Å². The Kier molecular flexibility index (Phi) is 5.75. The van der Waals surface area contributed by atoms with Crippen LogP contribution in [0.4, 0.5) is 4.79 Å². The number of hydrazone groups is 1. The Morgan fingerprint density at radius 3 is 2.52 bits per heavy atom. The van der Waals surface area contributed by atoms with Crippen LogP contribution in [0.1, 0.15) is 34.1 Å². The molecule has 1 amide bonds. The highest BCUT2D eigenvalue weighted by molar-refractivity contribution is 6.40. The molecule has 21 heavy (non-hydrogen) atoms. The van der Waals surface area contributed by atoms with Gasteiger partial charge in [-0.2, -0.15) is 0 Å². The lowest BCUT2D eigenvalue weighted by atomic mass is 10.0. The highest BCUT2D eigenvalue weighted by Gasteiger charge is 2.29. The van der Waals surface area contributed by atoms with Crippen molar-refractivity contribution in [1.29, 1.82) is 0 Å². The molecule has 1 aliphatic rings. The van der Waals surface area contributed by atoms with Crippen LogP contribution in [-0.2, 0) is 14.3 Å². The summed E-state index contributed by atoms with van der Waals surface area (Å²) in [7, 11) is 0. The number of nitrogens with one attached hydrogen (secondary N) is 1. The molecule has 7 nitrogen and oxygen atoms in total. The monoisotopic (exact) mass is 298 g/mol. The number of amides is 1. The average molecular weight is 298 g/mol.